The lowest BCUT2D eigenvalue weighted by Gasteiger charge is -2.31. The van der Waals surface area contributed by atoms with Gasteiger partial charge in [0.25, 0.3) is 0 Å². The molecule has 1 fully saturated rings. The number of aromatic nitrogens is 4. The second-order valence-electron chi connectivity index (χ2n) is 8.36. The first-order valence-electron chi connectivity index (χ1n) is 10.8. The van der Waals surface area contributed by atoms with Crippen LogP contribution in [0.3, 0.4) is 0 Å². The van der Waals surface area contributed by atoms with Crippen LogP contribution in [-0.2, 0) is 16.6 Å². The van der Waals surface area contributed by atoms with Crippen LogP contribution in [0.15, 0.2) is 28.5 Å². The van der Waals surface area contributed by atoms with Gasteiger partial charge in [-0.1, -0.05) is 11.8 Å². The molecule has 2 aliphatic rings. The van der Waals surface area contributed by atoms with Gasteiger partial charge in [-0.3, -0.25) is 5.41 Å². The minimum Gasteiger partial charge on any atom is -0.454 e. The molecule has 1 aromatic carbocycles. The molecule has 1 unspecified atom stereocenters. The molecule has 13 heteroatoms. The number of benzene rings is 1. The lowest BCUT2D eigenvalue weighted by molar-refractivity contribution is 0.174. The number of aromatic amines is 1. The maximum absolute atomic E-state index is 11.9. The molecule has 11 nitrogen and oxygen atoms in total. The molecule has 0 radical (unpaired) electrons. The lowest BCUT2D eigenvalue weighted by atomic mass is 9.96. The topological polar surface area (TPSA) is 150 Å². The predicted molar refractivity (Wildman–Crippen MR) is 123 cm³/mol. The first-order valence-corrected chi connectivity index (χ1v) is 13.4. The van der Waals surface area contributed by atoms with Gasteiger partial charge in [0.05, 0.1) is 18.1 Å². The second-order valence-corrected chi connectivity index (χ2v) is 11.4. The molecule has 3 aromatic rings. The summed E-state index contributed by atoms with van der Waals surface area (Å²) < 4.78 is 38.1. The van der Waals surface area contributed by atoms with E-state index in [0.717, 1.165) is 19.3 Å². The van der Waals surface area contributed by atoms with Crippen LogP contribution < -0.4 is 15.0 Å². The highest BCUT2D eigenvalue weighted by atomic mass is 32.2. The van der Waals surface area contributed by atoms with Crippen molar-refractivity contribution in [1.29, 1.82) is 10.7 Å². The van der Waals surface area contributed by atoms with Gasteiger partial charge in [0.2, 0.25) is 16.8 Å². The van der Waals surface area contributed by atoms with Crippen LogP contribution in [0.1, 0.15) is 24.8 Å². The van der Waals surface area contributed by atoms with Crippen molar-refractivity contribution in [1.82, 2.24) is 23.8 Å². The van der Waals surface area contributed by atoms with Crippen molar-refractivity contribution >= 4 is 32.9 Å². The number of imidazole rings is 1. The van der Waals surface area contributed by atoms with Crippen LogP contribution in [0.5, 0.6) is 11.5 Å². The molecular weight excluding hydrogens is 478 g/mol. The molecule has 1 saturated heterocycles. The predicted octanol–water partition coefficient (Wildman–Crippen LogP) is 2.05. The highest BCUT2D eigenvalue weighted by molar-refractivity contribution is 7.99. The van der Waals surface area contributed by atoms with Crippen molar-refractivity contribution in [3.8, 4) is 17.6 Å². The van der Waals surface area contributed by atoms with Gasteiger partial charge in [0, 0.05) is 30.6 Å². The Bertz CT molecular complexity index is 1460. The van der Waals surface area contributed by atoms with E-state index < -0.39 is 10.0 Å². The van der Waals surface area contributed by atoms with Gasteiger partial charge in [-0.15, -0.1) is 0 Å². The zero-order valence-corrected chi connectivity index (χ0v) is 20.1. The number of nitriles is 1. The minimum atomic E-state index is -3.19. The van der Waals surface area contributed by atoms with E-state index in [1.807, 2.05) is 4.57 Å². The number of nitrogens with one attached hydrogen (secondary N) is 2. The zero-order valence-electron chi connectivity index (χ0n) is 18.4. The first kappa shape index (κ1) is 22.7. The van der Waals surface area contributed by atoms with E-state index in [-0.39, 0.29) is 18.2 Å². The molecule has 34 heavy (non-hydrogen) atoms. The third kappa shape index (κ3) is 4.48. The van der Waals surface area contributed by atoms with Crippen LogP contribution >= 0.6 is 11.8 Å². The summed E-state index contributed by atoms with van der Waals surface area (Å²) in [4.78, 5) is 12.7. The van der Waals surface area contributed by atoms with E-state index in [1.54, 1.807) is 22.8 Å². The zero-order chi connectivity index (χ0) is 23.9. The Morgan fingerprint density at radius 3 is 2.91 bits per heavy atom. The number of rotatable bonds is 6. The van der Waals surface area contributed by atoms with Gasteiger partial charge < -0.3 is 19.0 Å². The Morgan fingerprint density at radius 2 is 2.15 bits per heavy atom. The first-order chi connectivity index (χ1) is 16.3. The van der Waals surface area contributed by atoms with Gasteiger partial charge >= 0.3 is 0 Å². The summed E-state index contributed by atoms with van der Waals surface area (Å²) >= 11 is 1.27. The summed E-state index contributed by atoms with van der Waals surface area (Å²) in [6.45, 7) is 1.83. The molecular formula is C21H23N7O4S2. The van der Waals surface area contributed by atoms with E-state index >= 15 is 0 Å². The molecule has 2 aliphatic heterocycles. The molecule has 5 rings (SSSR count). The Balaban J connectivity index is 1.38. The second kappa shape index (κ2) is 8.94. The van der Waals surface area contributed by atoms with Gasteiger partial charge in [-0.25, -0.2) is 22.7 Å². The Hall–Kier alpha value is -3.08. The van der Waals surface area contributed by atoms with Gasteiger partial charge in [0.15, 0.2) is 27.8 Å². The number of hydrogen-bond donors (Lipinski definition) is 2. The van der Waals surface area contributed by atoms with E-state index in [1.165, 1.54) is 18.0 Å². The molecule has 0 aliphatic carbocycles. The standard InChI is InChI=1S/C21H23N7O4S2/c1-34(29,30)28-5-2-3-13(10-28)4-6-27-11-24-19(23)18-20(27)26-21(25-18)33-17-8-16-15(31-12-32-16)7-14(17)9-22/h7-8,11,13,23H,2-6,10,12H2,1H3,(H,25,26). The molecule has 0 saturated carbocycles. The molecule has 0 spiro atoms. The average molecular weight is 502 g/mol. The van der Waals surface area contributed by atoms with Crippen LogP contribution in [0.2, 0.25) is 0 Å². The van der Waals surface area contributed by atoms with Crippen LogP contribution in [0.25, 0.3) is 11.2 Å². The normalized spacial score (nSPS) is 18.3. The highest BCUT2D eigenvalue weighted by Crippen LogP contribution is 2.40. The number of fused-ring (bicyclic) bond motifs is 2. The van der Waals surface area contributed by atoms with Crippen molar-refractivity contribution in [3.05, 3.63) is 29.5 Å². The smallest absolute Gasteiger partial charge is 0.231 e. The van der Waals surface area contributed by atoms with E-state index in [4.69, 9.17) is 14.9 Å². The van der Waals surface area contributed by atoms with Crippen LogP contribution in [0.4, 0.5) is 0 Å². The molecule has 2 N–H and O–H groups in total. The summed E-state index contributed by atoms with van der Waals surface area (Å²) in [5.41, 5.74) is 1.63. The summed E-state index contributed by atoms with van der Waals surface area (Å²) in [5.74, 6) is 1.37. The third-order valence-corrected chi connectivity index (χ3v) is 8.24. The molecule has 1 atom stereocenters. The van der Waals surface area contributed by atoms with Crippen LogP contribution in [0, 0.1) is 22.7 Å². The average Bonchev–Trinajstić information content (AvgIpc) is 3.45. The Kier molecular flexibility index (Phi) is 5.97. The number of H-pyrrole nitrogens is 1. The number of ether oxygens (including phenoxy) is 2. The summed E-state index contributed by atoms with van der Waals surface area (Å²) in [5, 5.41) is 18.3. The van der Waals surface area contributed by atoms with Crippen molar-refractivity contribution in [3.63, 3.8) is 0 Å². The summed E-state index contributed by atoms with van der Waals surface area (Å²) in [6, 6.07) is 5.57. The van der Waals surface area contributed by atoms with E-state index in [0.29, 0.717) is 57.9 Å². The lowest BCUT2D eigenvalue weighted by Crippen LogP contribution is -2.39. The van der Waals surface area contributed by atoms with Crippen molar-refractivity contribution < 1.29 is 17.9 Å². The fourth-order valence-electron chi connectivity index (χ4n) is 4.26. The highest BCUT2D eigenvalue weighted by Gasteiger charge is 2.26. The summed E-state index contributed by atoms with van der Waals surface area (Å²) in [6.07, 6.45) is 5.45. The number of sulfonamides is 1. The number of aryl methyl sites for hydroxylation is 1. The van der Waals surface area contributed by atoms with Gasteiger partial charge in [-0.2, -0.15) is 5.26 Å². The van der Waals surface area contributed by atoms with Crippen molar-refractivity contribution in [2.24, 2.45) is 5.92 Å². The Labute approximate surface area is 200 Å². The van der Waals surface area contributed by atoms with Crippen LogP contribution in [-0.4, -0.2) is 58.4 Å². The third-order valence-electron chi connectivity index (χ3n) is 6.03. The van der Waals surface area contributed by atoms with Crippen molar-refractivity contribution in [2.45, 2.75) is 35.9 Å². The van der Waals surface area contributed by atoms with Gasteiger partial charge in [-0.05, 0) is 31.2 Å². The minimum absolute atomic E-state index is 0.0812. The molecule has 2 aromatic heterocycles. The maximum Gasteiger partial charge on any atom is 0.231 e. The monoisotopic (exact) mass is 501 g/mol. The number of piperidine rings is 1. The molecule has 178 valence electrons. The fraction of sp³-hybridized carbons (Fsp3) is 0.429. The molecule has 0 bridgehead atoms. The molecule has 0 amide bonds. The summed E-state index contributed by atoms with van der Waals surface area (Å²) in [7, 11) is -3.19. The number of hydrogen-bond acceptors (Lipinski definition) is 9. The quantitative estimate of drug-likeness (QED) is 0.521. The fourth-order valence-corrected chi connectivity index (χ4v) is 6.08. The Morgan fingerprint density at radius 1 is 1.35 bits per heavy atom. The van der Waals surface area contributed by atoms with Gasteiger partial charge in [0.1, 0.15) is 11.6 Å². The SMILES string of the molecule is CS(=O)(=O)N1CCCC(CCn2cnc(=N)c3[nH]c(Sc4cc5c(cc4C#N)OCO5)nc32)C1. The van der Waals surface area contributed by atoms with E-state index in [2.05, 4.69) is 21.0 Å². The number of nitrogens with zero attached hydrogens (tertiary/aromatic N) is 5. The van der Waals surface area contributed by atoms with Crippen molar-refractivity contribution in [2.75, 3.05) is 26.1 Å². The molecule has 4 heterocycles. The maximum atomic E-state index is 11.9. The largest absolute Gasteiger partial charge is 0.454 e. The van der Waals surface area contributed by atoms with E-state index in [9.17, 15) is 13.7 Å².